The van der Waals surface area contributed by atoms with E-state index in [-0.39, 0.29) is 24.1 Å². The molecule has 0 bridgehead atoms. The molecule has 0 unspecified atom stereocenters. The van der Waals surface area contributed by atoms with Gasteiger partial charge in [-0.1, -0.05) is 12.1 Å². The third-order valence-electron chi connectivity index (χ3n) is 3.40. The first kappa shape index (κ1) is 18.6. The van der Waals surface area contributed by atoms with Gasteiger partial charge in [0.25, 0.3) is 0 Å². The molecule has 1 fully saturated rings. The summed E-state index contributed by atoms with van der Waals surface area (Å²) in [6.07, 6.45) is 2.51. The molecule has 1 N–H and O–H groups in total. The number of rotatable bonds is 8. The van der Waals surface area contributed by atoms with Gasteiger partial charge in [-0.3, -0.25) is 4.79 Å². The minimum Gasteiger partial charge on any atom is -0.435 e. The van der Waals surface area contributed by atoms with E-state index in [0.29, 0.717) is 13.1 Å². The zero-order valence-corrected chi connectivity index (χ0v) is 13.2. The molecular formula is C15H21ClF2N2O2. The SMILES string of the molecule is CN(Cc1ccc(OC(F)F)cc1)C(=O)CNCC1CC1.Cl. The van der Waals surface area contributed by atoms with Crippen molar-refractivity contribution in [3.63, 3.8) is 0 Å². The lowest BCUT2D eigenvalue weighted by Gasteiger charge is -2.18. The highest BCUT2D eigenvalue weighted by Crippen LogP contribution is 2.27. The van der Waals surface area contributed by atoms with Crippen LogP contribution < -0.4 is 10.1 Å². The van der Waals surface area contributed by atoms with Crippen molar-refractivity contribution in [3.8, 4) is 5.75 Å². The molecule has 0 aliphatic heterocycles. The number of benzene rings is 1. The summed E-state index contributed by atoms with van der Waals surface area (Å²) in [6, 6.07) is 6.31. The van der Waals surface area contributed by atoms with Crippen LogP contribution in [0.1, 0.15) is 18.4 Å². The van der Waals surface area contributed by atoms with Gasteiger partial charge in [-0.25, -0.2) is 0 Å². The number of nitrogens with zero attached hydrogens (tertiary/aromatic N) is 1. The van der Waals surface area contributed by atoms with Crippen LogP contribution in [-0.4, -0.2) is 37.6 Å². The summed E-state index contributed by atoms with van der Waals surface area (Å²) in [5.74, 6) is 0.878. The standard InChI is InChI=1S/C15H20F2N2O2.ClH/c1-19(14(20)9-18-8-11-2-3-11)10-12-4-6-13(7-5-12)21-15(16)17;/h4-7,11,15,18H,2-3,8-10H2,1H3;1H. The van der Waals surface area contributed by atoms with Crippen LogP contribution >= 0.6 is 12.4 Å². The van der Waals surface area contributed by atoms with Crippen molar-refractivity contribution in [1.29, 1.82) is 0 Å². The van der Waals surface area contributed by atoms with Gasteiger partial charge < -0.3 is 15.0 Å². The molecule has 0 saturated heterocycles. The van der Waals surface area contributed by atoms with Crippen LogP contribution in [0.2, 0.25) is 0 Å². The first-order chi connectivity index (χ1) is 10.0. The van der Waals surface area contributed by atoms with Crippen molar-refractivity contribution in [2.45, 2.75) is 26.0 Å². The molecule has 124 valence electrons. The predicted octanol–water partition coefficient (Wildman–Crippen LogP) is 2.67. The molecule has 0 spiro atoms. The molecule has 1 amide bonds. The fourth-order valence-electron chi connectivity index (χ4n) is 1.98. The van der Waals surface area contributed by atoms with Crippen molar-refractivity contribution in [2.75, 3.05) is 20.1 Å². The van der Waals surface area contributed by atoms with Gasteiger partial charge in [0, 0.05) is 13.6 Å². The smallest absolute Gasteiger partial charge is 0.387 e. The van der Waals surface area contributed by atoms with Gasteiger partial charge >= 0.3 is 6.61 Å². The number of carbonyl (C=O) groups excluding carboxylic acids is 1. The number of nitrogens with one attached hydrogen (secondary N) is 1. The average molecular weight is 335 g/mol. The molecule has 1 aromatic rings. The minimum atomic E-state index is -2.82. The molecule has 1 aliphatic rings. The highest BCUT2D eigenvalue weighted by atomic mass is 35.5. The molecule has 1 aliphatic carbocycles. The van der Waals surface area contributed by atoms with Crippen LogP contribution in [0.5, 0.6) is 5.75 Å². The van der Waals surface area contributed by atoms with Gasteiger partial charge in [0.05, 0.1) is 6.54 Å². The Labute approximate surface area is 135 Å². The molecule has 0 aromatic heterocycles. The number of hydrogen-bond donors (Lipinski definition) is 1. The summed E-state index contributed by atoms with van der Waals surface area (Å²) < 4.78 is 28.3. The van der Waals surface area contributed by atoms with Crippen LogP contribution in [0.3, 0.4) is 0 Å². The van der Waals surface area contributed by atoms with E-state index >= 15 is 0 Å². The second kappa shape index (κ2) is 8.90. The number of ether oxygens (including phenoxy) is 1. The number of halogens is 3. The maximum Gasteiger partial charge on any atom is 0.387 e. The molecular weight excluding hydrogens is 314 g/mol. The van der Waals surface area contributed by atoms with Crippen molar-refractivity contribution >= 4 is 18.3 Å². The van der Waals surface area contributed by atoms with E-state index in [9.17, 15) is 13.6 Å². The van der Waals surface area contributed by atoms with Crippen molar-refractivity contribution in [2.24, 2.45) is 5.92 Å². The van der Waals surface area contributed by atoms with Crippen LogP contribution in [0.4, 0.5) is 8.78 Å². The van der Waals surface area contributed by atoms with E-state index in [4.69, 9.17) is 0 Å². The Kier molecular flexibility index (Phi) is 7.55. The van der Waals surface area contributed by atoms with Gasteiger partial charge in [0.1, 0.15) is 5.75 Å². The molecule has 0 heterocycles. The van der Waals surface area contributed by atoms with E-state index in [2.05, 4.69) is 10.1 Å². The van der Waals surface area contributed by atoms with Gasteiger partial charge in [-0.05, 0) is 43.0 Å². The lowest BCUT2D eigenvalue weighted by Crippen LogP contribution is -2.35. The first-order valence-corrected chi connectivity index (χ1v) is 7.03. The Hall–Kier alpha value is -1.40. The minimum absolute atomic E-state index is 0. The average Bonchev–Trinajstić information content (AvgIpc) is 3.24. The monoisotopic (exact) mass is 334 g/mol. The highest BCUT2D eigenvalue weighted by Gasteiger charge is 2.21. The van der Waals surface area contributed by atoms with Gasteiger partial charge in [0.15, 0.2) is 0 Å². The number of carbonyl (C=O) groups is 1. The van der Waals surface area contributed by atoms with Gasteiger partial charge in [-0.2, -0.15) is 8.78 Å². The normalized spacial score (nSPS) is 13.6. The summed E-state index contributed by atoms with van der Waals surface area (Å²) in [5, 5.41) is 3.15. The van der Waals surface area contributed by atoms with E-state index in [1.165, 1.54) is 25.0 Å². The molecule has 2 rings (SSSR count). The van der Waals surface area contributed by atoms with Gasteiger partial charge in [0.2, 0.25) is 5.91 Å². The van der Waals surface area contributed by atoms with Crippen LogP contribution in [0.25, 0.3) is 0 Å². The van der Waals surface area contributed by atoms with E-state index in [1.807, 2.05) is 0 Å². The Morgan fingerprint density at radius 2 is 2.00 bits per heavy atom. The molecule has 0 atom stereocenters. The molecule has 1 saturated carbocycles. The fraction of sp³-hybridized carbons (Fsp3) is 0.533. The zero-order valence-electron chi connectivity index (χ0n) is 12.4. The van der Waals surface area contributed by atoms with Crippen molar-refractivity contribution in [1.82, 2.24) is 10.2 Å². The van der Waals surface area contributed by atoms with Gasteiger partial charge in [-0.15, -0.1) is 12.4 Å². The Morgan fingerprint density at radius 1 is 1.36 bits per heavy atom. The first-order valence-electron chi connectivity index (χ1n) is 7.03. The molecule has 22 heavy (non-hydrogen) atoms. The van der Waals surface area contributed by atoms with E-state index in [1.54, 1.807) is 24.1 Å². The fourth-order valence-corrected chi connectivity index (χ4v) is 1.98. The zero-order chi connectivity index (χ0) is 15.2. The summed E-state index contributed by atoms with van der Waals surface area (Å²) in [7, 11) is 1.73. The quantitative estimate of drug-likeness (QED) is 0.794. The molecule has 1 aromatic carbocycles. The summed E-state index contributed by atoms with van der Waals surface area (Å²) in [4.78, 5) is 13.5. The molecule has 4 nitrogen and oxygen atoms in total. The van der Waals surface area contributed by atoms with E-state index < -0.39 is 6.61 Å². The maximum absolute atomic E-state index is 12.0. The number of amides is 1. The number of alkyl halides is 2. The summed E-state index contributed by atoms with van der Waals surface area (Å²) >= 11 is 0. The lowest BCUT2D eigenvalue weighted by atomic mass is 10.2. The van der Waals surface area contributed by atoms with Crippen molar-refractivity contribution < 1.29 is 18.3 Å². The summed E-state index contributed by atoms with van der Waals surface area (Å²) in [5.41, 5.74) is 0.870. The topological polar surface area (TPSA) is 41.6 Å². The van der Waals surface area contributed by atoms with Crippen LogP contribution in [0, 0.1) is 5.92 Å². The Morgan fingerprint density at radius 3 is 2.55 bits per heavy atom. The largest absolute Gasteiger partial charge is 0.435 e. The second-order valence-electron chi connectivity index (χ2n) is 5.35. The lowest BCUT2D eigenvalue weighted by molar-refractivity contribution is -0.129. The number of hydrogen-bond acceptors (Lipinski definition) is 3. The molecule has 7 heteroatoms. The highest BCUT2D eigenvalue weighted by molar-refractivity contribution is 5.85. The third-order valence-corrected chi connectivity index (χ3v) is 3.40. The van der Waals surface area contributed by atoms with Crippen LogP contribution in [0.15, 0.2) is 24.3 Å². The van der Waals surface area contributed by atoms with E-state index in [0.717, 1.165) is 18.0 Å². The molecule has 0 radical (unpaired) electrons. The second-order valence-corrected chi connectivity index (χ2v) is 5.35. The Balaban J connectivity index is 0.00000242. The maximum atomic E-state index is 12.0. The number of likely N-dealkylation sites (N-methyl/N-ethyl adjacent to an activating group) is 1. The van der Waals surface area contributed by atoms with Crippen LogP contribution in [-0.2, 0) is 11.3 Å². The predicted molar refractivity (Wildman–Crippen MR) is 82.4 cm³/mol. The third kappa shape index (κ3) is 6.58. The Bertz CT molecular complexity index is 467. The van der Waals surface area contributed by atoms with Crippen molar-refractivity contribution in [3.05, 3.63) is 29.8 Å². The summed E-state index contributed by atoms with van der Waals surface area (Å²) in [6.45, 7) is -1.14.